The van der Waals surface area contributed by atoms with Crippen LogP contribution in [0.3, 0.4) is 0 Å². The van der Waals surface area contributed by atoms with Crippen LogP contribution in [0.4, 0.5) is 0 Å². The minimum absolute atomic E-state index is 0.228. The van der Waals surface area contributed by atoms with E-state index in [4.69, 9.17) is 9.57 Å². The van der Waals surface area contributed by atoms with Crippen LogP contribution in [0.1, 0.15) is 30.0 Å². The average molecular weight is 340 g/mol. The van der Waals surface area contributed by atoms with E-state index in [1.54, 1.807) is 7.05 Å². The van der Waals surface area contributed by atoms with Gasteiger partial charge in [0.1, 0.15) is 19.5 Å². The molecular weight excluding hydrogens is 316 g/mol. The molecule has 5 heteroatoms. The minimum atomic E-state index is -0.305. The first-order valence-electron chi connectivity index (χ1n) is 8.33. The second-order valence-electron chi connectivity index (χ2n) is 5.51. The molecule has 1 amide bonds. The zero-order valence-corrected chi connectivity index (χ0v) is 14.9. The van der Waals surface area contributed by atoms with Crippen LogP contribution >= 0.6 is 0 Å². The summed E-state index contributed by atoms with van der Waals surface area (Å²) >= 11 is 0. The summed E-state index contributed by atoms with van der Waals surface area (Å²) in [5, 5.41) is 6.46. The number of likely N-dealkylation sites (N-methyl/N-ethyl adjacent to an activating group) is 1. The van der Waals surface area contributed by atoms with Crippen molar-refractivity contribution < 1.29 is 14.4 Å². The highest BCUT2D eigenvalue weighted by Gasteiger charge is 2.17. The van der Waals surface area contributed by atoms with Gasteiger partial charge in [0.2, 0.25) is 0 Å². The summed E-state index contributed by atoms with van der Waals surface area (Å²) in [6.45, 7) is 2.49. The van der Waals surface area contributed by atoms with Gasteiger partial charge in [0.25, 0.3) is 5.91 Å². The highest BCUT2D eigenvalue weighted by atomic mass is 16.6. The van der Waals surface area contributed by atoms with Crippen molar-refractivity contribution in [3.8, 4) is 5.75 Å². The SMILES string of the molecule is CCCc1ccccc1OCc1ccccc1C(=NOC)C(=O)NC. The number of amides is 1. The van der Waals surface area contributed by atoms with Crippen molar-refractivity contribution in [3.05, 3.63) is 65.2 Å². The number of nitrogens with one attached hydrogen (secondary N) is 1. The van der Waals surface area contributed by atoms with E-state index in [0.717, 1.165) is 24.2 Å². The maximum Gasteiger partial charge on any atom is 0.273 e. The lowest BCUT2D eigenvalue weighted by Crippen LogP contribution is -2.29. The molecule has 0 aliphatic carbocycles. The summed E-state index contributed by atoms with van der Waals surface area (Å²) in [5.74, 6) is 0.560. The number of benzene rings is 2. The first-order valence-corrected chi connectivity index (χ1v) is 8.33. The maximum atomic E-state index is 12.1. The maximum absolute atomic E-state index is 12.1. The summed E-state index contributed by atoms with van der Waals surface area (Å²) in [6, 6.07) is 15.6. The number of para-hydroxylation sites is 1. The number of ether oxygens (including phenoxy) is 1. The predicted molar refractivity (Wildman–Crippen MR) is 98.8 cm³/mol. The fourth-order valence-electron chi connectivity index (χ4n) is 2.58. The number of carbonyl (C=O) groups excluding carboxylic acids is 1. The molecule has 0 spiro atoms. The molecule has 0 radical (unpaired) electrons. The second kappa shape index (κ2) is 9.47. The number of hydrogen-bond acceptors (Lipinski definition) is 4. The van der Waals surface area contributed by atoms with Gasteiger partial charge < -0.3 is 14.9 Å². The number of aryl methyl sites for hydroxylation is 1. The van der Waals surface area contributed by atoms with E-state index in [2.05, 4.69) is 23.5 Å². The van der Waals surface area contributed by atoms with Crippen molar-refractivity contribution in [2.75, 3.05) is 14.2 Å². The molecule has 0 atom stereocenters. The molecule has 0 saturated heterocycles. The molecule has 0 heterocycles. The first-order chi connectivity index (χ1) is 12.2. The molecule has 2 rings (SSSR count). The van der Waals surface area contributed by atoms with Gasteiger partial charge in [-0.1, -0.05) is 61.0 Å². The van der Waals surface area contributed by atoms with E-state index < -0.39 is 0 Å². The van der Waals surface area contributed by atoms with Gasteiger partial charge in [-0.2, -0.15) is 0 Å². The molecule has 1 N–H and O–H groups in total. The molecule has 0 aliphatic rings. The molecule has 5 nitrogen and oxygen atoms in total. The Labute approximate surface area is 148 Å². The van der Waals surface area contributed by atoms with Crippen LogP contribution in [-0.2, 0) is 22.7 Å². The molecule has 0 saturated carbocycles. The summed E-state index contributed by atoms with van der Waals surface area (Å²) < 4.78 is 6.03. The van der Waals surface area contributed by atoms with Gasteiger partial charge in [0.05, 0.1) is 0 Å². The van der Waals surface area contributed by atoms with Gasteiger partial charge in [-0.25, -0.2) is 0 Å². The number of carbonyl (C=O) groups is 1. The van der Waals surface area contributed by atoms with Gasteiger partial charge in [-0.3, -0.25) is 4.79 Å². The number of rotatable bonds is 8. The Kier molecular flexibility index (Phi) is 7.01. The third kappa shape index (κ3) is 4.83. The monoisotopic (exact) mass is 340 g/mol. The van der Waals surface area contributed by atoms with Crippen molar-refractivity contribution >= 4 is 11.6 Å². The summed E-state index contributed by atoms with van der Waals surface area (Å²) in [6.07, 6.45) is 2.02. The third-order valence-corrected chi connectivity index (χ3v) is 3.77. The largest absolute Gasteiger partial charge is 0.489 e. The zero-order valence-electron chi connectivity index (χ0n) is 14.9. The highest BCUT2D eigenvalue weighted by Crippen LogP contribution is 2.22. The second-order valence-corrected chi connectivity index (χ2v) is 5.51. The van der Waals surface area contributed by atoms with Crippen molar-refractivity contribution in [2.24, 2.45) is 5.16 Å². The smallest absolute Gasteiger partial charge is 0.273 e. The number of nitrogens with zero attached hydrogens (tertiary/aromatic N) is 1. The molecule has 0 aliphatic heterocycles. The molecule has 0 bridgehead atoms. The molecule has 2 aromatic rings. The van der Waals surface area contributed by atoms with Crippen LogP contribution < -0.4 is 10.1 Å². The molecule has 0 aromatic heterocycles. The summed E-state index contributed by atoms with van der Waals surface area (Å²) in [7, 11) is 2.98. The van der Waals surface area contributed by atoms with Crippen LogP contribution in [0.25, 0.3) is 0 Å². The molecule has 0 unspecified atom stereocenters. The van der Waals surface area contributed by atoms with Crippen LogP contribution in [0.15, 0.2) is 53.7 Å². The lowest BCUT2D eigenvalue weighted by Gasteiger charge is -2.14. The third-order valence-electron chi connectivity index (χ3n) is 3.77. The fraction of sp³-hybridized carbons (Fsp3) is 0.300. The van der Waals surface area contributed by atoms with E-state index in [1.165, 1.54) is 12.7 Å². The van der Waals surface area contributed by atoms with Crippen LogP contribution in [0.5, 0.6) is 5.75 Å². The van der Waals surface area contributed by atoms with Crippen LogP contribution in [0, 0.1) is 0 Å². The number of hydrogen-bond donors (Lipinski definition) is 1. The van der Waals surface area contributed by atoms with Gasteiger partial charge in [0, 0.05) is 12.6 Å². The van der Waals surface area contributed by atoms with Gasteiger partial charge in [-0.05, 0) is 23.6 Å². The Morgan fingerprint density at radius 1 is 1.08 bits per heavy atom. The highest BCUT2D eigenvalue weighted by molar-refractivity contribution is 6.45. The standard InChI is InChI=1S/C20H24N2O3/c1-4-9-15-10-6-8-13-18(15)25-14-16-11-5-7-12-17(16)19(22-24-3)20(23)21-2/h5-8,10-13H,4,9,14H2,1-3H3,(H,21,23). The molecule has 25 heavy (non-hydrogen) atoms. The van der Waals surface area contributed by atoms with E-state index in [1.807, 2.05) is 42.5 Å². The Bertz CT molecular complexity index is 741. The summed E-state index contributed by atoms with van der Waals surface area (Å²) in [4.78, 5) is 16.9. The van der Waals surface area contributed by atoms with E-state index >= 15 is 0 Å². The predicted octanol–water partition coefficient (Wildman–Crippen LogP) is 3.31. The van der Waals surface area contributed by atoms with Crippen molar-refractivity contribution in [2.45, 2.75) is 26.4 Å². The molecule has 0 fully saturated rings. The lowest BCUT2D eigenvalue weighted by atomic mass is 10.0. The van der Waals surface area contributed by atoms with Gasteiger partial charge in [0.15, 0.2) is 5.71 Å². The van der Waals surface area contributed by atoms with E-state index in [0.29, 0.717) is 12.2 Å². The van der Waals surface area contributed by atoms with Crippen molar-refractivity contribution in [1.29, 1.82) is 0 Å². The quantitative estimate of drug-likeness (QED) is 0.592. The van der Waals surface area contributed by atoms with Crippen molar-refractivity contribution in [1.82, 2.24) is 5.32 Å². The normalized spacial score (nSPS) is 11.1. The van der Waals surface area contributed by atoms with Gasteiger partial charge >= 0.3 is 0 Å². The Morgan fingerprint density at radius 2 is 1.76 bits per heavy atom. The Morgan fingerprint density at radius 3 is 2.44 bits per heavy atom. The number of oxime groups is 1. The topological polar surface area (TPSA) is 59.9 Å². The molecular formula is C20H24N2O3. The van der Waals surface area contributed by atoms with E-state index in [-0.39, 0.29) is 11.6 Å². The van der Waals surface area contributed by atoms with Gasteiger partial charge in [-0.15, -0.1) is 0 Å². The fourth-order valence-corrected chi connectivity index (χ4v) is 2.58. The Balaban J connectivity index is 2.27. The minimum Gasteiger partial charge on any atom is -0.489 e. The molecule has 132 valence electrons. The van der Waals surface area contributed by atoms with Crippen molar-refractivity contribution in [3.63, 3.8) is 0 Å². The Hall–Kier alpha value is -2.82. The van der Waals surface area contributed by atoms with E-state index in [9.17, 15) is 4.79 Å². The zero-order chi connectivity index (χ0) is 18.1. The summed E-state index contributed by atoms with van der Waals surface area (Å²) in [5.41, 5.74) is 2.97. The molecule has 2 aromatic carbocycles. The van der Waals surface area contributed by atoms with Crippen LogP contribution in [-0.4, -0.2) is 25.8 Å². The average Bonchev–Trinajstić information content (AvgIpc) is 2.65. The first kappa shape index (κ1) is 18.5. The van der Waals surface area contributed by atoms with Crippen LogP contribution in [0.2, 0.25) is 0 Å². The lowest BCUT2D eigenvalue weighted by molar-refractivity contribution is -0.114.